The van der Waals surface area contributed by atoms with Crippen LogP contribution in [0.5, 0.6) is 0 Å². The fraction of sp³-hybridized carbons (Fsp3) is 0.625. The molecule has 2 atom stereocenters. The van der Waals surface area contributed by atoms with Crippen molar-refractivity contribution in [2.75, 3.05) is 0 Å². The Morgan fingerprint density at radius 2 is 2.45 bits per heavy atom. The molecular formula is C8H11NOS. The van der Waals surface area contributed by atoms with Crippen molar-refractivity contribution in [3.63, 3.8) is 0 Å². The van der Waals surface area contributed by atoms with Gasteiger partial charge < -0.3 is 5.11 Å². The van der Waals surface area contributed by atoms with Gasteiger partial charge in [0, 0.05) is 17.5 Å². The Morgan fingerprint density at radius 3 is 3.00 bits per heavy atom. The molecule has 1 N–H and O–H groups in total. The summed E-state index contributed by atoms with van der Waals surface area (Å²) < 4.78 is 0. The van der Waals surface area contributed by atoms with E-state index in [1.165, 1.54) is 0 Å². The first-order chi connectivity index (χ1) is 5.38. The molecule has 1 fully saturated rings. The van der Waals surface area contributed by atoms with Gasteiger partial charge in [-0.15, -0.1) is 11.3 Å². The molecule has 0 bridgehead atoms. The first-order valence-corrected chi connectivity index (χ1v) is 4.83. The van der Waals surface area contributed by atoms with Crippen LogP contribution in [0.15, 0.2) is 11.6 Å². The summed E-state index contributed by atoms with van der Waals surface area (Å²) in [6, 6.07) is 0. The van der Waals surface area contributed by atoms with Crippen molar-refractivity contribution in [3.8, 4) is 0 Å². The van der Waals surface area contributed by atoms with E-state index in [1.807, 2.05) is 11.6 Å². The van der Waals surface area contributed by atoms with Crippen LogP contribution in [0.2, 0.25) is 0 Å². The SMILES string of the molecule is O[C@@H]1CCC[C@H]1c1nccs1. The summed E-state index contributed by atoms with van der Waals surface area (Å²) in [5.41, 5.74) is 0. The van der Waals surface area contributed by atoms with E-state index in [-0.39, 0.29) is 6.10 Å². The normalized spacial score (nSPS) is 31.0. The number of nitrogens with zero attached hydrogens (tertiary/aromatic N) is 1. The van der Waals surface area contributed by atoms with Crippen molar-refractivity contribution in [2.45, 2.75) is 31.3 Å². The zero-order chi connectivity index (χ0) is 7.68. The lowest BCUT2D eigenvalue weighted by Crippen LogP contribution is -2.10. The molecule has 1 saturated carbocycles. The van der Waals surface area contributed by atoms with Crippen molar-refractivity contribution in [2.24, 2.45) is 0 Å². The highest BCUT2D eigenvalue weighted by atomic mass is 32.1. The summed E-state index contributed by atoms with van der Waals surface area (Å²) in [5.74, 6) is 0.329. The Balaban J connectivity index is 2.16. The lowest BCUT2D eigenvalue weighted by Gasteiger charge is -2.09. The number of rotatable bonds is 1. The maximum Gasteiger partial charge on any atom is 0.0981 e. The molecule has 1 aliphatic rings. The van der Waals surface area contributed by atoms with E-state index in [4.69, 9.17) is 0 Å². The average molecular weight is 169 g/mol. The molecule has 1 heterocycles. The van der Waals surface area contributed by atoms with Crippen LogP contribution >= 0.6 is 11.3 Å². The minimum atomic E-state index is -0.138. The maximum atomic E-state index is 9.53. The van der Waals surface area contributed by atoms with Gasteiger partial charge in [-0.05, 0) is 12.8 Å². The fourth-order valence-electron chi connectivity index (χ4n) is 1.65. The minimum absolute atomic E-state index is 0.138. The van der Waals surface area contributed by atoms with Crippen LogP contribution < -0.4 is 0 Å². The van der Waals surface area contributed by atoms with Gasteiger partial charge in [0.05, 0.1) is 11.1 Å². The quantitative estimate of drug-likeness (QED) is 0.695. The van der Waals surface area contributed by atoms with Crippen molar-refractivity contribution in [1.82, 2.24) is 4.98 Å². The Bertz CT molecular complexity index is 222. The van der Waals surface area contributed by atoms with Crippen molar-refractivity contribution >= 4 is 11.3 Å². The van der Waals surface area contributed by atoms with E-state index in [2.05, 4.69) is 4.98 Å². The van der Waals surface area contributed by atoms with Crippen molar-refractivity contribution < 1.29 is 5.11 Å². The van der Waals surface area contributed by atoms with Gasteiger partial charge in [0.2, 0.25) is 0 Å². The molecule has 1 aromatic rings. The molecule has 0 aliphatic heterocycles. The molecule has 3 heteroatoms. The maximum absolute atomic E-state index is 9.53. The van der Waals surface area contributed by atoms with Gasteiger partial charge in [0.1, 0.15) is 0 Å². The van der Waals surface area contributed by atoms with E-state index in [1.54, 1.807) is 11.3 Å². The van der Waals surface area contributed by atoms with Gasteiger partial charge in [-0.2, -0.15) is 0 Å². The highest BCUT2D eigenvalue weighted by Gasteiger charge is 2.28. The molecule has 1 aliphatic carbocycles. The van der Waals surface area contributed by atoms with Gasteiger partial charge in [0.15, 0.2) is 0 Å². The Hall–Kier alpha value is -0.410. The minimum Gasteiger partial charge on any atom is -0.392 e. The largest absolute Gasteiger partial charge is 0.392 e. The zero-order valence-corrected chi connectivity index (χ0v) is 7.05. The number of aliphatic hydroxyl groups excluding tert-OH is 1. The number of thiazole rings is 1. The third kappa shape index (κ3) is 1.30. The summed E-state index contributed by atoms with van der Waals surface area (Å²) in [6.07, 6.45) is 4.87. The molecule has 0 spiro atoms. The zero-order valence-electron chi connectivity index (χ0n) is 6.23. The Kier molecular flexibility index (Phi) is 1.92. The fourth-order valence-corrected chi connectivity index (χ4v) is 2.48. The second kappa shape index (κ2) is 2.91. The number of aromatic nitrogens is 1. The second-order valence-electron chi connectivity index (χ2n) is 2.98. The molecule has 2 nitrogen and oxygen atoms in total. The van der Waals surface area contributed by atoms with Crippen LogP contribution in [0.1, 0.15) is 30.2 Å². The van der Waals surface area contributed by atoms with E-state index in [9.17, 15) is 5.11 Å². The Labute approximate surface area is 69.9 Å². The van der Waals surface area contributed by atoms with Gasteiger partial charge in [0.25, 0.3) is 0 Å². The van der Waals surface area contributed by atoms with E-state index < -0.39 is 0 Å². The number of hydrogen-bond acceptors (Lipinski definition) is 3. The molecule has 60 valence electrons. The van der Waals surface area contributed by atoms with Crippen LogP contribution in [0.25, 0.3) is 0 Å². The van der Waals surface area contributed by atoms with Crippen molar-refractivity contribution in [1.29, 1.82) is 0 Å². The summed E-state index contributed by atoms with van der Waals surface area (Å²) in [7, 11) is 0. The van der Waals surface area contributed by atoms with Gasteiger partial charge in [-0.3, -0.25) is 0 Å². The third-order valence-electron chi connectivity index (χ3n) is 2.25. The Morgan fingerprint density at radius 1 is 1.55 bits per heavy atom. The molecule has 1 aromatic heterocycles. The molecule has 0 saturated heterocycles. The molecular weight excluding hydrogens is 158 g/mol. The highest BCUT2D eigenvalue weighted by Crippen LogP contribution is 2.35. The van der Waals surface area contributed by atoms with Crippen LogP contribution in [0.4, 0.5) is 0 Å². The molecule has 0 aromatic carbocycles. The van der Waals surface area contributed by atoms with Gasteiger partial charge in [-0.1, -0.05) is 6.42 Å². The van der Waals surface area contributed by atoms with Crippen LogP contribution in [0, 0.1) is 0 Å². The number of aliphatic hydroxyl groups is 1. The average Bonchev–Trinajstić information content (AvgIpc) is 2.55. The third-order valence-corrected chi connectivity index (χ3v) is 3.16. The predicted octanol–water partition coefficient (Wildman–Crippen LogP) is 1.77. The smallest absolute Gasteiger partial charge is 0.0981 e. The van der Waals surface area contributed by atoms with Crippen LogP contribution in [0.3, 0.4) is 0 Å². The van der Waals surface area contributed by atoms with Crippen LogP contribution in [-0.4, -0.2) is 16.2 Å². The van der Waals surface area contributed by atoms with Gasteiger partial charge >= 0.3 is 0 Å². The molecule has 11 heavy (non-hydrogen) atoms. The molecule has 2 rings (SSSR count). The van der Waals surface area contributed by atoms with E-state index in [0.29, 0.717) is 5.92 Å². The lowest BCUT2D eigenvalue weighted by molar-refractivity contribution is 0.163. The van der Waals surface area contributed by atoms with Crippen molar-refractivity contribution in [3.05, 3.63) is 16.6 Å². The monoisotopic (exact) mass is 169 g/mol. The standard InChI is InChI=1S/C8H11NOS/c10-7-3-1-2-6(7)8-9-4-5-11-8/h4-7,10H,1-3H2/t6-,7-/m1/s1. The highest BCUT2D eigenvalue weighted by molar-refractivity contribution is 7.09. The first kappa shape index (κ1) is 7.25. The van der Waals surface area contributed by atoms with Gasteiger partial charge in [-0.25, -0.2) is 4.98 Å². The van der Waals surface area contributed by atoms with E-state index in [0.717, 1.165) is 24.3 Å². The molecule has 0 unspecified atom stereocenters. The molecule has 0 amide bonds. The predicted molar refractivity (Wildman–Crippen MR) is 44.7 cm³/mol. The van der Waals surface area contributed by atoms with Crippen LogP contribution in [-0.2, 0) is 0 Å². The second-order valence-corrected chi connectivity index (χ2v) is 3.90. The topological polar surface area (TPSA) is 33.1 Å². The summed E-state index contributed by atoms with van der Waals surface area (Å²) in [6.45, 7) is 0. The summed E-state index contributed by atoms with van der Waals surface area (Å²) in [4.78, 5) is 4.21. The lowest BCUT2D eigenvalue weighted by atomic mass is 10.1. The first-order valence-electron chi connectivity index (χ1n) is 3.95. The molecule has 0 radical (unpaired) electrons. The van der Waals surface area contributed by atoms with E-state index >= 15 is 0 Å². The summed E-state index contributed by atoms with van der Waals surface area (Å²) >= 11 is 1.65. The number of hydrogen-bond donors (Lipinski definition) is 1. The summed E-state index contributed by atoms with van der Waals surface area (Å²) in [5, 5.41) is 12.6.